The van der Waals surface area contributed by atoms with Crippen LogP contribution in [0.25, 0.3) is 0 Å². The Morgan fingerprint density at radius 2 is 1.86 bits per heavy atom. The Balaban J connectivity index is 1.41. The molecule has 0 radical (unpaired) electrons. The van der Waals surface area contributed by atoms with Crippen LogP contribution in [0.3, 0.4) is 0 Å². The van der Waals surface area contributed by atoms with E-state index < -0.39 is 11.0 Å². The molecule has 0 amide bonds. The van der Waals surface area contributed by atoms with Gasteiger partial charge in [0.15, 0.2) is 5.78 Å². The largest absolute Gasteiger partial charge is 0.497 e. The van der Waals surface area contributed by atoms with E-state index in [1.165, 1.54) is 23.1 Å². The van der Waals surface area contributed by atoms with E-state index >= 15 is 0 Å². The van der Waals surface area contributed by atoms with E-state index in [2.05, 4.69) is 34.2 Å². The molecule has 1 N–H and O–H groups in total. The second kappa shape index (κ2) is 14.1. The quantitative estimate of drug-likeness (QED) is 0.370. The van der Waals surface area contributed by atoms with Crippen molar-refractivity contribution < 1.29 is 13.7 Å². The van der Waals surface area contributed by atoms with Crippen LogP contribution in [0.4, 0.5) is 11.5 Å². The minimum Gasteiger partial charge on any atom is -0.497 e. The molecule has 0 spiro atoms. The molecule has 8 nitrogen and oxygen atoms in total. The molecule has 204 valence electrons. The summed E-state index contributed by atoms with van der Waals surface area (Å²) in [7, 11) is 4.28. The van der Waals surface area contributed by atoms with Gasteiger partial charge in [-0.05, 0) is 107 Å². The van der Waals surface area contributed by atoms with Gasteiger partial charge in [-0.2, -0.15) is 0 Å². The average molecular weight is 550 g/mol. The van der Waals surface area contributed by atoms with E-state index in [9.17, 15) is 9.00 Å². The van der Waals surface area contributed by atoms with Gasteiger partial charge in [-0.15, -0.1) is 3.82 Å². The average Bonchev–Trinajstić information content (AvgIpc) is 2.89. The fraction of sp³-hybridized carbons (Fsp3) is 0.556. The number of carbonyl (C=O) groups is 1. The van der Waals surface area contributed by atoms with Crippen molar-refractivity contribution in [2.24, 2.45) is 5.92 Å². The SMILES string of the molecule is COc1cc(C)c(S(=O)N(Cl)CCC(=O)CNc2ccc(N3CCC(CCN(C)C)CC3)nc2)c(C)c1. The Kier molecular flexibility index (Phi) is 11.2. The Morgan fingerprint density at radius 3 is 2.43 bits per heavy atom. The highest BCUT2D eigenvalue weighted by molar-refractivity contribution is 7.83. The number of halogens is 1. The number of methoxy groups -OCH3 is 1. The molecule has 3 rings (SSSR count). The summed E-state index contributed by atoms with van der Waals surface area (Å²) < 4.78 is 19.4. The molecule has 1 aromatic heterocycles. The number of benzene rings is 1. The van der Waals surface area contributed by atoms with Crippen molar-refractivity contribution >= 4 is 40.1 Å². The van der Waals surface area contributed by atoms with Crippen LogP contribution < -0.4 is 15.0 Å². The summed E-state index contributed by atoms with van der Waals surface area (Å²) in [5.74, 6) is 2.46. The third kappa shape index (κ3) is 8.67. The first-order valence-electron chi connectivity index (χ1n) is 12.8. The van der Waals surface area contributed by atoms with Crippen LogP contribution in [0.1, 0.15) is 36.8 Å². The van der Waals surface area contributed by atoms with Crippen molar-refractivity contribution in [2.75, 3.05) is 64.1 Å². The fourth-order valence-electron chi connectivity index (χ4n) is 4.56. The van der Waals surface area contributed by atoms with Gasteiger partial charge in [0.2, 0.25) is 0 Å². The monoisotopic (exact) mass is 549 g/mol. The Hall–Kier alpha value is -2.20. The lowest BCUT2D eigenvalue weighted by Crippen LogP contribution is -2.35. The zero-order valence-corrected chi connectivity index (χ0v) is 24.2. The van der Waals surface area contributed by atoms with Crippen LogP contribution in [0.2, 0.25) is 0 Å². The Morgan fingerprint density at radius 1 is 1.19 bits per heavy atom. The summed E-state index contributed by atoms with van der Waals surface area (Å²) in [6.07, 6.45) is 5.61. The number of piperidine rings is 1. The molecular weight excluding hydrogens is 510 g/mol. The first kappa shape index (κ1) is 29.4. The number of nitrogens with one attached hydrogen (secondary N) is 1. The molecule has 1 saturated heterocycles. The standard InChI is InChI=1S/C27H40ClN5O3S/c1-20-16-25(36-5)17-21(2)27(20)37(35)33(28)15-11-24(34)19-29-23-6-7-26(30-18-23)32-13-9-22(10-14-32)8-12-31(3)4/h6-7,16-18,22,29H,8-15,19H2,1-5H3. The third-order valence-electron chi connectivity index (χ3n) is 6.75. The molecule has 1 fully saturated rings. The van der Waals surface area contributed by atoms with E-state index in [0.717, 1.165) is 48.2 Å². The summed E-state index contributed by atoms with van der Waals surface area (Å²) >= 11 is 6.29. The van der Waals surface area contributed by atoms with Crippen LogP contribution in [0, 0.1) is 19.8 Å². The van der Waals surface area contributed by atoms with Crippen molar-refractivity contribution in [3.05, 3.63) is 41.6 Å². The maximum atomic E-state index is 12.9. The number of aromatic nitrogens is 1. The van der Waals surface area contributed by atoms with Crippen molar-refractivity contribution in [1.29, 1.82) is 0 Å². The van der Waals surface area contributed by atoms with E-state index in [0.29, 0.717) is 10.6 Å². The molecule has 0 bridgehead atoms. The summed E-state index contributed by atoms with van der Waals surface area (Å²) in [6.45, 7) is 7.29. The van der Waals surface area contributed by atoms with Crippen LogP contribution in [-0.4, -0.2) is 77.6 Å². The number of nitrogens with zero attached hydrogens (tertiary/aromatic N) is 4. The highest BCUT2D eigenvalue weighted by Crippen LogP contribution is 2.27. The number of hydrogen-bond acceptors (Lipinski definition) is 7. The predicted molar refractivity (Wildman–Crippen MR) is 152 cm³/mol. The Bertz CT molecular complexity index is 1040. The topological polar surface area (TPSA) is 78.0 Å². The number of anilines is 2. The van der Waals surface area contributed by atoms with Crippen molar-refractivity contribution in [1.82, 2.24) is 13.7 Å². The van der Waals surface area contributed by atoms with E-state index in [-0.39, 0.29) is 25.3 Å². The second-order valence-corrected chi connectivity index (χ2v) is 11.9. The van der Waals surface area contributed by atoms with Gasteiger partial charge in [-0.1, -0.05) is 0 Å². The van der Waals surface area contributed by atoms with Crippen molar-refractivity contribution in [2.45, 2.75) is 44.4 Å². The summed E-state index contributed by atoms with van der Waals surface area (Å²) in [5.41, 5.74) is 2.46. The van der Waals surface area contributed by atoms with E-state index in [1.54, 1.807) is 13.3 Å². The van der Waals surface area contributed by atoms with Gasteiger partial charge in [0.05, 0.1) is 30.4 Å². The molecule has 2 heterocycles. The highest BCUT2D eigenvalue weighted by Gasteiger charge is 2.21. The molecule has 1 atom stereocenters. The van der Waals surface area contributed by atoms with Crippen LogP contribution >= 0.6 is 11.8 Å². The number of Topliss-reactive ketones (excluding diaryl/α,β-unsaturated/α-hetero) is 1. The first-order valence-corrected chi connectivity index (χ1v) is 14.2. The number of hydrogen-bond donors (Lipinski definition) is 1. The maximum absolute atomic E-state index is 12.9. The molecule has 1 aromatic carbocycles. The Labute approximate surface area is 229 Å². The maximum Gasteiger partial charge on any atom is 0.153 e. The normalized spacial score (nSPS) is 15.3. The number of ketones is 1. The second-order valence-electron chi connectivity index (χ2n) is 9.95. The number of ether oxygens (including phenoxy) is 1. The minimum absolute atomic E-state index is 0.0188. The van der Waals surface area contributed by atoms with Gasteiger partial charge in [0.1, 0.15) is 22.6 Å². The first-order chi connectivity index (χ1) is 17.7. The molecule has 1 unspecified atom stereocenters. The van der Waals surface area contributed by atoms with Crippen LogP contribution in [0.15, 0.2) is 35.4 Å². The van der Waals surface area contributed by atoms with E-state index in [1.807, 2.05) is 38.1 Å². The highest BCUT2D eigenvalue weighted by atomic mass is 35.5. The number of pyridine rings is 1. The summed E-state index contributed by atoms with van der Waals surface area (Å²) in [6, 6.07) is 7.63. The molecular formula is C27H40ClN5O3S. The van der Waals surface area contributed by atoms with Gasteiger partial charge < -0.3 is 19.9 Å². The lowest BCUT2D eigenvalue weighted by Gasteiger charge is -2.33. The lowest BCUT2D eigenvalue weighted by atomic mass is 9.93. The molecule has 1 aliphatic heterocycles. The number of carbonyl (C=O) groups excluding carboxylic acids is 1. The van der Waals surface area contributed by atoms with Gasteiger partial charge in [0.25, 0.3) is 0 Å². The van der Waals surface area contributed by atoms with Gasteiger partial charge >= 0.3 is 0 Å². The molecule has 37 heavy (non-hydrogen) atoms. The molecule has 0 aliphatic carbocycles. The van der Waals surface area contributed by atoms with E-state index in [4.69, 9.17) is 16.5 Å². The van der Waals surface area contributed by atoms with Crippen LogP contribution in [-0.2, 0) is 15.8 Å². The van der Waals surface area contributed by atoms with Gasteiger partial charge in [-0.3, -0.25) is 4.79 Å². The lowest BCUT2D eigenvalue weighted by molar-refractivity contribution is -0.117. The fourth-order valence-corrected chi connectivity index (χ4v) is 5.97. The molecule has 1 aliphatic rings. The summed E-state index contributed by atoms with van der Waals surface area (Å²) in [4.78, 5) is 22.3. The van der Waals surface area contributed by atoms with Crippen molar-refractivity contribution in [3.8, 4) is 5.75 Å². The zero-order valence-electron chi connectivity index (χ0n) is 22.6. The summed E-state index contributed by atoms with van der Waals surface area (Å²) in [5, 5.41) is 3.14. The predicted octanol–water partition coefficient (Wildman–Crippen LogP) is 4.42. The van der Waals surface area contributed by atoms with Gasteiger partial charge in [-0.25, -0.2) is 9.19 Å². The molecule has 10 heteroatoms. The van der Waals surface area contributed by atoms with Crippen LogP contribution in [0.5, 0.6) is 5.75 Å². The smallest absolute Gasteiger partial charge is 0.153 e. The molecule has 0 saturated carbocycles. The zero-order chi connectivity index (χ0) is 26.9. The third-order valence-corrected chi connectivity index (χ3v) is 8.83. The minimum atomic E-state index is -1.58. The number of aryl methyl sites for hydroxylation is 2. The molecule has 2 aromatic rings. The van der Waals surface area contributed by atoms with Crippen molar-refractivity contribution in [3.63, 3.8) is 0 Å². The van der Waals surface area contributed by atoms with Gasteiger partial charge in [0, 0.05) is 26.1 Å². The number of rotatable bonds is 13.